The number of amides is 1. The van der Waals surface area contributed by atoms with Gasteiger partial charge in [-0.05, 0) is 61.5 Å². The van der Waals surface area contributed by atoms with Crippen LogP contribution < -0.4 is 15.5 Å². The Labute approximate surface area is 211 Å². The average Bonchev–Trinajstić information content (AvgIpc) is 2.92. The number of likely N-dealkylation sites (N-methyl/N-ethyl adjacent to an activating group) is 1. The number of piperazine rings is 1. The first kappa shape index (κ1) is 23.5. The maximum atomic E-state index is 12.9. The fraction of sp³-hybridized carbons (Fsp3) is 0.207. The summed E-state index contributed by atoms with van der Waals surface area (Å²) in [4.78, 5) is 26.5. The Balaban J connectivity index is 1.24. The lowest BCUT2D eigenvalue weighted by atomic mass is 10.1. The third-order valence-electron chi connectivity index (χ3n) is 6.50. The van der Waals surface area contributed by atoms with E-state index in [0.717, 1.165) is 54.2 Å². The van der Waals surface area contributed by atoms with E-state index >= 15 is 0 Å². The number of aryl methyl sites for hydroxylation is 1. The quantitative estimate of drug-likeness (QED) is 0.397. The van der Waals surface area contributed by atoms with Crippen molar-refractivity contribution in [3.63, 3.8) is 0 Å². The molecule has 1 saturated heterocycles. The average molecular weight is 479 g/mol. The van der Waals surface area contributed by atoms with Gasteiger partial charge in [0.05, 0.1) is 0 Å². The number of hydrogen-bond donors (Lipinski definition) is 2. The van der Waals surface area contributed by atoms with Crippen molar-refractivity contribution in [2.24, 2.45) is 0 Å². The molecule has 1 amide bonds. The molecule has 0 unspecified atom stereocenters. The van der Waals surface area contributed by atoms with Gasteiger partial charge in [-0.1, -0.05) is 36.4 Å². The number of hydrogen-bond acceptors (Lipinski definition) is 6. The highest BCUT2D eigenvalue weighted by Crippen LogP contribution is 2.25. The summed E-state index contributed by atoms with van der Waals surface area (Å²) >= 11 is 0. The van der Waals surface area contributed by atoms with Crippen LogP contribution in [0.25, 0.3) is 11.1 Å². The third-order valence-corrected chi connectivity index (χ3v) is 6.50. The Morgan fingerprint density at radius 3 is 2.22 bits per heavy atom. The number of benzene rings is 3. The second-order valence-corrected chi connectivity index (χ2v) is 9.11. The van der Waals surface area contributed by atoms with Crippen LogP contribution in [0.5, 0.6) is 0 Å². The van der Waals surface area contributed by atoms with E-state index in [1.54, 1.807) is 12.4 Å². The van der Waals surface area contributed by atoms with Crippen LogP contribution in [0.3, 0.4) is 0 Å². The molecule has 1 aliphatic rings. The maximum absolute atomic E-state index is 12.9. The second kappa shape index (κ2) is 10.6. The van der Waals surface area contributed by atoms with E-state index in [4.69, 9.17) is 0 Å². The number of nitrogens with one attached hydrogen (secondary N) is 2. The van der Waals surface area contributed by atoms with Crippen LogP contribution in [-0.2, 0) is 0 Å². The van der Waals surface area contributed by atoms with Gasteiger partial charge >= 0.3 is 0 Å². The molecule has 1 aromatic heterocycles. The van der Waals surface area contributed by atoms with Gasteiger partial charge in [0, 0.05) is 66.8 Å². The molecule has 5 rings (SSSR count). The van der Waals surface area contributed by atoms with E-state index in [-0.39, 0.29) is 5.91 Å². The van der Waals surface area contributed by atoms with Crippen LogP contribution in [0.15, 0.2) is 85.2 Å². The van der Waals surface area contributed by atoms with Crippen LogP contribution in [0, 0.1) is 6.92 Å². The fourth-order valence-electron chi connectivity index (χ4n) is 4.22. The van der Waals surface area contributed by atoms with Crippen molar-refractivity contribution in [1.82, 2.24) is 14.9 Å². The highest BCUT2D eigenvalue weighted by atomic mass is 16.1. The summed E-state index contributed by atoms with van der Waals surface area (Å²) in [6.07, 6.45) is 3.61. The van der Waals surface area contributed by atoms with Crippen LogP contribution >= 0.6 is 0 Å². The van der Waals surface area contributed by atoms with Crippen molar-refractivity contribution in [2.45, 2.75) is 6.92 Å². The van der Waals surface area contributed by atoms with Crippen LogP contribution in [0.4, 0.5) is 23.0 Å². The molecule has 36 heavy (non-hydrogen) atoms. The molecule has 0 spiro atoms. The SMILES string of the molecule is Cc1ccc(NC(=O)c2ccc(N3CCN(C)CC3)cc2)cc1Nc1ncc(-c2ccccc2)cn1. The second-order valence-electron chi connectivity index (χ2n) is 9.11. The highest BCUT2D eigenvalue weighted by molar-refractivity contribution is 6.04. The van der Waals surface area contributed by atoms with E-state index < -0.39 is 0 Å². The largest absolute Gasteiger partial charge is 0.369 e. The first-order chi connectivity index (χ1) is 17.5. The van der Waals surface area contributed by atoms with Crippen molar-refractivity contribution < 1.29 is 4.79 Å². The third kappa shape index (κ3) is 5.53. The van der Waals surface area contributed by atoms with Gasteiger partial charge in [0.1, 0.15) is 0 Å². The Kier molecular flexibility index (Phi) is 6.91. The van der Waals surface area contributed by atoms with Crippen molar-refractivity contribution in [3.05, 3.63) is 96.3 Å². The predicted octanol–water partition coefficient (Wildman–Crippen LogP) is 5.20. The number of nitrogens with zero attached hydrogens (tertiary/aromatic N) is 4. The molecular weight excluding hydrogens is 448 g/mol. The van der Waals surface area contributed by atoms with Gasteiger partial charge in [-0.25, -0.2) is 9.97 Å². The van der Waals surface area contributed by atoms with E-state index in [0.29, 0.717) is 17.2 Å². The highest BCUT2D eigenvalue weighted by Gasteiger charge is 2.15. The summed E-state index contributed by atoms with van der Waals surface area (Å²) in [6, 6.07) is 23.6. The molecule has 0 atom stereocenters. The molecule has 7 heteroatoms. The van der Waals surface area contributed by atoms with Gasteiger partial charge < -0.3 is 20.4 Å². The van der Waals surface area contributed by atoms with E-state index in [1.165, 1.54) is 0 Å². The molecule has 0 radical (unpaired) electrons. The summed E-state index contributed by atoms with van der Waals surface area (Å²) < 4.78 is 0. The predicted molar refractivity (Wildman–Crippen MR) is 146 cm³/mol. The summed E-state index contributed by atoms with van der Waals surface area (Å²) in [6.45, 7) is 6.10. The smallest absolute Gasteiger partial charge is 0.255 e. The van der Waals surface area contributed by atoms with E-state index in [9.17, 15) is 4.79 Å². The van der Waals surface area contributed by atoms with Gasteiger partial charge in [-0.15, -0.1) is 0 Å². The molecule has 1 aliphatic heterocycles. The van der Waals surface area contributed by atoms with Crippen molar-refractivity contribution >= 4 is 28.9 Å². The van der Waals surface area contributed by atoms with Crippen molar-refractivity contribution in [3.8, 4) is 11.1 Å². The minimum absolute atomic E-state index is 0.141. The van der Waals surface area contributed by atoms with Gasteiger partial charge in [0.15, 0.2) is 0 Å². The number of carbonyl (C=O) groups excluding carboxylic acids is 1. The van der Waals surface area contributed by atoms with Gasteiger partial charge in [0.2, 0.25) is 5.95 Å². The molecule has 3 aromatic carbocycles. The lowest BCUT2D eigenvalue weighted by Crippen LogP contribution is -2.44. The Bertz CT molecular complexity index is 1310. The molecule has 2 N–H and O–H groups in total. The lowest BCUT2D eigenvalue weighted by molar-refractivity contribution is 0.102. The molecule has 2 heterocycles. The summed E-state index contributed by atoms with van der Waals surface area (Å²) in [5.41, 5.74) is 6.38. The van der Waals surface area contributed by atoms with Crippen LogP contribution in [-0.4, -0.2) is 54.0 Å². The molecule has 1 fully saturated rings. The molecule has 0 saturated carbocycles. The maximum Gasteiger partial charge on any atom is 0.255 e. The number of aromatic nitrogens is 2. The molecule has 182 valence electrons. The summed E-state index contributed by atoms with van der Waals surface area (Å²) in [7, 11) is 2.14. The number of rotatable bonds is 6. The van der Waals surface area contributed by atoms with Crippen LogP contribution in [0.2, 0.25) is 0 Å². The Morgan fingerprint density at radius 1 is 0.833 bits per heavy atom. The minimum atomic E-state index is -0.141. The van der Waals surface area contributed by atoms with Gasteiger partial charge in [-0.2, -0.15) is 0 Å². The molecule has 7 nitrogen and oxygen atoms in total. The number of carbonyl (C=O) groups is 1. The van der Waals surface area contributed by atoms with Crippen molar-refractivity contribution in [2.75, 3.05) is 48.8 Å². The molecular formula is C29H30N6O. The normalized spacial score (nSPS) is 13.9. The van der Waals surface area contributed by atoms with E-state index in [2.05, 4.69) is 37.4 Å². The molecule has 0 aliphatic carbocycles. The zero-order valence-corrected chi connectivity index (χ0v) is 20.6. The Morgan fingerprint density at radius 2 is 1.53 bits per heavy atom. The van der Waals surface area contributed by atoms with E-state index in [1.807, 2.05) is 79.7 Å². The standard InChI is InChI=1S/C29H30N6O/c1-21-8-11-25(18-27(21)33-29-30-19-24(20-31-29)22-6-4-3-5-7-22)32-28(36)23-9-12-26(13-10-23)35-16-14-34(2)15-17-35/h3-13,18-20H,14-17H2,1-2H3,(H,32,36)(H,30,31,33). The first-order valence-corrected chi connectivity index (χ1v) is 12.2. The lowest BCUT2D eigenvalue weighted by Gasteiger charge is -2.34. The zero-order chi connectivity index (χ0) is 24.9. The molecule has 0 bridgehead atoms. The monoisotopic (exact) mass is 478 g/mol. The van der Waals surface area contributed by atoms with Crippen LogP contribution in [0.1, 0.15) is 15.9 Å². The first-order valence-electron chi connectivity index (χ1n) is 12.2. The summed E-state index contributed by atoms with van der Waals surface area (Å²) in [5.74, 6) is 0.360. The summed E-state index contributed by atoms with van der Waals surface area (Å²) in [5, 5.41) is 6.28. The number of anilines is 4. The Hall–Kier alpha value is -4.23. The molecule has 4 aromatic rings. The van der Waals surface area contributed by atoms with Gasteiger partial charge in [0.25, 0.3) is 5.91 Å². The topological polar surface area (TPSA) is 73.4 Å². The zero-order valence-electron chi connectivity index (χ0n) is 20.6. The minimum Gasteiger partial charge on any atom is -0.369 e. The van der Waals surface area contributed by atoms with Crippen molar-refractivity contribution in [1.29, 1.82) is 0 Å². The fourth-order valence-corrected chi connectivity index (χ4v) is 4.22. The van der Waals surface area contributed by atoms with Gasteiger partial charge in [-0.3, -0.25) is 4.79 Å².